The molecule has 0 spiro atoms. The summed E-state index contributed by atoms with van der Waals surface area (Å²) < 4.78 is 5.55. The molecule has 3 aromatic rings. The first kappa shape index (κ1) is 22.9. The van der Waals surface area contributed by atoms with Crippen molar-refractivity contribution in [2.75, 3.05) is 6.61 Å². The number of carbonyl (C=O) groups is 3. The average Bonchev–Trinajstić information content (AvgIpc) is 3.57. The van der Waals surface area contributed by atoms with Crippen LogP contribution in [-0.2, 0) is 14.3 Å². The van der Waals surface area contributed by atoms with Crippen LogP contribution in [0.4, 0.5) is 4.79 Å². The predicted octanol–water partition coefficient (Wildman–Crippen LogP) is 4.65. The van der Waals surface area contributed by atoms with E-state index in [2.05, 4.69) is 22.8 Å². The van der Waals surface area contributed by atoms with Gasteiger partial charge in [0.25, 0.3) is 0 Å². The molecule has 3 N–H and O–H groups in total. The van der Waals surface area contributed by atoms with Crippen molar-refractivity contribution in [3.63, 3.8) is 0 Å². The van der Waals surface area contributed by atoms with Gasteiger partial charge < -0.3 is 20.5 Å². The normalized spacial score (nSPS) is 15.9. The molecule has 35 heavy (non-hydrogen) atoms. The summed E-state index contributed by atoms with van der Waals surface area (Å²) in [6.07, 6.45) is 0.0552. The van der Waals surface area contributed by atoms with E-state index in [1.54, 1.807) is 24.3 Å². The fourth-order valence-electron chi connectivity index (χ4n) is 4.61. The van der Waals surface area contributed by atoms with Gasteiger partial charge in [-0.05, 0) is 41.2 Å². The van der Waals surface area contributed by atoms with Gasteiger partial charge in [-0.15, -0.1) is 0 Å². The van der Waals surface area contributed by atoms with Crippen LogP contribution < -0.4 is 10.6 Å². The van der Waals surface area contributed by atoms with Crippen LogP contribution in [0.1, 0.15) is 41.5 Å². The molecular formula is C27H23ClN2O5. The van der Waals surface area contributed by atoms with Crippen molar-refractivity contribution in [1.82, 2.24) is 10.6 Å². The van der Waals surface area contributed by atoms with Gasteiger partial charge in [0.1, 0.15) is 12.1 Å². The highest BCUT2D eigenvalue weighted by atomic mass is 35.5. The molecule has 7 nitrogen and oxygen atoms in total. The molecule has 1 atom stereocenters. The van der Waals surface area contributed by atoms with Gasteiger partial charge in [0, 0.05) is 16.5 Å². The molecule has 0 unspecified atom stereocenters. The van der Waals surface area contributed by atoms with E-state index in [0.717, 1.165) is 22.3 Å². The molecule has 0 radical (unpaired) electrons. The lowest BCUT2D eigenvalue weighted by Gasteiger charge is -2.22. The Morgan fingerprint density at radius 3 is 2.09 bits per heavy atom. The summed E-state index contributed by atoms with van der Waals surface area (Å²) in [4.78, 5) is 37.5. The van der Waals surface area contributed by atoms with Gasteiger partial charge in [0.05, 0.1) is 0 Å². The molecule has 2 aliphatic carbocycles. The van der Waals surface area contributed by atoms with E-state index in [-0.39, 0.29) is 23.1 Å². The summed E-state index contributed by atoms with van der Waals surface area (Å²) in [5.74, 6) is -1.93. The molecule has 178 valence electrons. The number of benzene rings is 3. The number of ether oxygens (including phenoxy) is 1. The Hall–Kier alpha value is -3.84. The standard InChI is InChI=1S/C27H23ClN2O5/c28-22-12-6-5-11-20(22)23(24(31)32)29-25(33)27(13-14-27)30-26(34)35-15-21-18-9-3-1-7-16(18)17-8-2-4-10-19(17)21/h1-12,21,23H,13-15H2,(H,29,33)(H,30,34)(H,31,32)/t23-/m1/s1. The highest BCUT2D eigenvalue weighted by Gasteiger charge is 2.52. The molecule has 3 aromatic carbocycles. The number of carbonyl (C=O) groups excluding carboxylic acids is 2. The topological polar surface area (TPSA) is 105 Å². The molecule has 1 fully saturated rings. The first-order valence-corrected chi connectivity index (χ1v) is 11.7. The maximum atomic E-state index is 13.0. The number of aliphatic carboxylic acids is 1. The number of alkyl carbamates (subject to hydrolysis) is 1. The van der Waals surface area contributed by atoms with Crippen molar-refractivity contribution in [3.05, 3.63) is 94.5 Å². The minimum atomic E-state index is -1.34. The van der Waals surface area contributed by atoms with Crippen molar-refractivity contribution in [3.8, 4) is 11.1 Å². The number of carboxylic acids is 1. The van der Waals surface area contributed by atoms with Crippen LogP contribution in [0.5, 0.6) is 0 Å². The van der Waals surface area contributed by atoms with Crippen LogP contribution in [0.3, 0.4) is 0 Å². The van der Waals surface area contributed by atoms with Crippen LogP contribution in [0, 0.1) is 0 Å². The Morgan fingerprint density at radius 2 is 1.51 bits per heavy atom. The third-order valence-electron chi connectivity index (χ3n) is 6.61. The molecule has 2 amide bonds. The Bertz CT molecular complexity index is 1270. The lowest BCUT2D eigenvalue weighted by atomic mass is 9.98. The fourth-order valence-corrected chi connectivity index (χ4v) is 4.86. The minimum Gasteiger partial charge on any atom is -0.479 e. The Morgan fingerprint density at radius 1 is 0.943 bits per heavy atom. The number of hydrogen-bond donors (Lipinski definition) is 3. The molecule has 5 rings (SSSR count). The smallest absolute Gasteiger partial charge is 0.408 e. The van der Waals surface area contributed by atoms with Crippen molar-refractivity contribution in [2.45, 2.75) is 30.3 Å². The second-order valence-electron chi connectivity index (χ2n) is 8.80. The molecule has 0 aliphatic heterocycles. The van der Waals surface area contributed by atoms with Crippen molar-refractivity contribution in [2.24, 2.45) is 0 Å². The SMILES string of the molecule is O=C(NC1(C(=O)N[C@@H](C(=O)O)c2ccccc2Cl)CC1)OCC1c2ccccc2-c2ccccc21. The number of amides is 2. The number of carboxylic acid groups (broad SMARTS) is 1. The number of rotatable bonds is 7. The fraction of sp³-hybridized carbons (Fsp3) is 0.222. The highest BCUT2D eigenvalue weighted by Crippen LogP contribution is 2.44. The summed E-state index contributed by atoms with van der Waals surface area (Å²) in [6, 6.07) is 21.1. The molecule has 0 aromatic heterocycles. The van der Waals surface area contributed by atoms with Crippen molar-refractivity contribution < 1.29 is 24.2 Å². The zero-order valence-corrected chi connectivity index (χ0v) is 19.4. The molecule has 0 heterocycles. The second kappa shape index (κ2) is 9.07. The second-order valence-corrected chi connectivity index (χ2v) is 9.21. The largest absolute Gasteiger partial charge is 0.479 e. The van der Waals surface area contributed by atoms with Gasteiger partial charge in [-0.2, -0.15) is 0 Å². The number of halogens is 1. The number of fused-ring (bicyclic) bond motifs is 3. The maximum absolute atomic E-state index is 13.0. The minimum absolute atomic E-state index is 0.103. The van der Waals surface area contributed by atoms with E-state index >= 15 is 0 Å². The van der Waals surface area contributed by atoms with E-state index in [1.807, 2.05) is 36.4 Å². The highest BCUT2D eigenvalue weighted by molar-refractivity contribution is 6.31. The lowest BCUT2D eigenvalue weighted by Crippen LogP contribution is -2.51. The van der Waals surface area contributed by atoms with Crippen molar-refractivity contribution >= 4 is 29.6 Å². The van der Waals surface area contributed by atoms with Gasteiger partial charge in [0.2, 0.25) is 5.91 Å². The summed E-state index contributed by atoms with van der Waals surface area (Å²) in [7, 11) is 0. The van der Waals surface area contributed by atoms with Gasteiger partial charge in [-0.1, -0.05) is 78.3 Å². The molecule has 2 aliphatic rings. The Balaban J connectivity index is 1.25. The lowest BCUT2D eigenvalue weighted by molar-refractivity contribution is -0.142. The zero-order chi connectivity index (χ0) is 24.6. The third kappa shape index (κ3) is 4.35. The van der Waals surface area contributed by atoms with Crippen LogP contribution >= 0.6 is 11.6 Å². The molecule has 0 saturated heterocycles. The van der Waals surface area contributed by atoms with Crippen LogP contribution in [0.2, 0.25) is 5.02 Å². The van der Waals surface area contributed by atoms with Gasteiger partial charge in [-0.3, -0.25) is 4.79 Å². The summed E-state index contributed by atoms with van der Waals surface area (Å²) >= 11 is 6.13. The van der Waals surface area contributed by atoms with Gasteiger partial charge >= 0.3 is 12.1 Å². The van der Waals surface area contributed by atoms with Crippen LogP contribution in [-0.4, -0.2) is 35.2 Å². The van der Waals surface area contributed by atoms with E-state index in [9.17, 15) is 19.5 Å². The molecule has 0 bridgehead atoms. The Labute approximate surface area is 207 Å². The van der Waals surface area contributed by atoms with Crippen LogP contribution in [0.15, 0.2) is 72.8 Å². The average molecular weight is 491 g/mol. The van der Waals surface area contributed by atoms with Crippen LogP contribution in [0.25, 0.3) is 11.1 Å². The molecular weight excluding hydrogens is 468 g/mol. The van der Waals surface area contributed by atoms with E-state index in [1.165, 1.54) is 0 Å². The summed E-state index contributed by atoms with van der Waals surface area (Å²) in [5, 5.41) is 15.0. The summed E-state index contributed by atoms with van der Waals surface area (Å²) in [5.41, 5.74) is 3.49. The molecule has 1 saturated carbocycles. The van der Waals surface area contributed by atoms with E-state index in [4.69, 9.17) is 16.3 Å². The van der Waals surface area contributed by atoms with Crippen molar-refractivity contribution in [1.29, 1.82) is 0 Å². The van der Waals surface area contributed by atoms with E-state index in [0.29, 0.717) is 12.8 Å². The van der Waals surface area contributed by atoms with Gasteiger partial charge in [-0.25, -0.2) is 9.59 Å². The zero-order valence-electron chi connectivity index (χ0n) is 18.7. The summed E-state index contributed by atoms with van der Waals surface area (Å²) in [6.45, 7) is 0.120. The number of nitrogens with one attached hydrogen (secondary N) is 2. The van der Waals surface area contributed by atoms with Gasteiger partial charge in [0.15, 0.2) is 6.04 Å². The maximum Gasteiger partial charge on any atom is 0.408 e. The Kier molecular flexibility index (Phi) is 5.94. The van der Waals surface area contributed by atoms with E-state index < -0.39 is 29.6 Å². The molecule has 8 heteroatoms. The third-order valence-corrected chi connectivity index (χ3v) is 6.95. The number of hydrogen-bond acceptors (Lipinski definition) is 4. The predicted molar refractivity (Wildman–Crippen MR) is 130 cm³/mol. The first-order chi connectivity index (χ1) is 16.9. The first-order valence-electron chi connectivity index (χ1n) is 11.3. The monoisotopic (exact) mass is 490 g/mol. The quantitative estimate of drug-likeness (QED) is 0.447.